The summed E-state index contributed by atoms with van der Waals surface area (Å²) in [6, 6.07) is 3.66. The number of rotatable bonds is 7. The van der Waals surface area contributed by atoms with Crippen molar-refractivity contribution in [2.75, 3.05) is 6.61 Å². The summed E-state index contributed by atoms with van der Waals surface area (Å²) in [5.41, 5.74) is 1.74. The third-order valence-electron chi connectivity index (χ3n) is 2.42. The Morgan fingerprint density at radius 1 is 1.25 bits per heavy atom. The van der Waals surface area contributed by atoms with Crippen LogP contribution in [0.3, 0.4) is 0 Å². The molecule has 0 radical (unpaired) electrons. The second-order valence-corrected chi connectivity index (χ2v) is 4.02. The second-order valence-electron chi connectivity index (χ2n) is 4.02. The standard InChI is InChI=1S/C13H21NO2/c1-3-4-5-6-7-16-13-9-12(10-15)8-11(2)14-13/h8-9,15H,3-7,10H2,1-2H3. The van der Waals surface area contributed by atoms with E-state index < -0.39 is 0 Å². The van der Waals surface area contributed by atoms with Crippen LogP contribution in [0.15, 0.2) is 12.1 Å². The van der Waals surface area contributed by atoms with E-state index in [1.807, 2.05) is 13.0 Å². The van der Waals surface area contributed by atoms with Crippen molar-refractivity contribution in [2.45, 2.75) is 46.1 Å². The summed E-state index contributed by atoms with van der Waals surface area (Å²) in [6.45, 7) is 4.84. The first-order chi connectivity index (χ1) is 7.76. The lowest BCUT2D eigenvalue weighted by atomic mass is 10.2. The van der Waals surface area contributed by atoms with E-state index in [1.54, 1.807) is 6.07 Å². The quantitative estimate of drug-likeness (QED) is 0.723. The number of ether oxygens (including phenoxy) is 1. The van der Waals surface area contributed by atoms with Crippen LogP contribution in [0.2, 0.25) is 0 Å². The number of nitrogens with zero attached hydrogens (tertiary/aromatic N) is 1. The van der Waals surface area contributed by atoms with Crippen molar-refractivity contribution >= 4 is 0 Å². The average Bonchev–Trinajstić information content (AvgIpc) is 2.28. The van der Waals surface area contributed by atoms with Crippen LogP contribution in [-0.2, 0) is 6.61 Å². The molecule has 3 heteroatoms. The summed E-state index contributed by atoms with van der Waals surface area (Å²) in [6.07, 6.45) is 4.76. The van der Waals surface area contributed by atoms with Crippen LogP contribution in [0.25, 0.3) is 0 Å². The monoisotopic (exact) mass is 223 g/mol. The zero-order valence-corrected chi connectivity index (χ0v) is 10.2. The van der Waals surface area contributed by atoms with Crippen LogP contribution in [0.1, 0.15) is 43.9 Å². The summed E-state index contributed by atoms with van der Waals surface area (Å²) in [7, 11) is 0. The van der Waals surface area contributed by atoms with Crippen LogP contribution < -0.4 is 4.74 Å². The Bertz CT molecular complexity index is 313. The highest BCUT2D eigenvalue weighted by atomic mass is 16.5. The van der Waals surface area contributed by atoms with Gasteiger partial charge in [-0.05, 0) is 25.0 Å². The van der Waals surface area contributed by atoms with Gasteiger partial charge in [0.25, 0.3) is 0 Å². The van der Waals surface area contributed by atoms with Crippen molar-refractivity contribution in [3.05, 3.63) is 23.4 Å². The Morgan fingerprint density at radius 2 is 2.06 bits per heavy atom. The molecule has 0 aliphatic carbocycles. The molecule has 0 amide bonds. The summed E-state index contributed by atoms with van der Waals surface area (Å²) >= 11 is 0. The van der Waals surface area contributed by atoms with Crippen molar-refractivity contribution in [2.24, 2.45) is 0 Å². The molecule has 0 unspecified atom stereocenters. The van der Waals surface area contributed by atoms with Gasteiger partial charge in [-0.2, -0.15) is 0 Å². The molecule has 1 aromatic heterocycles. The highest BCUT2D eigenvalue weighted by Crippen LogP contribution is 2.13. The highest BCUT2D eigenvalue weighted by molar-refractivity contribution is 5.23. The van der Waals surface area contributed by atoms with E-state index >= 15 is 0 Å². The fourth-order valence-corrected chi connectivity index (χ4v) is 1.58. The van der Waals surface area contributed by atoms with Gasteiger partial charge in [-0.25, -0.2) is 4.98 Å². The Hall–Kier alpha value is -1.09. The molecule has 3 nitrogen and oxygen atoms in total. The SMILES string of the molecule is CCCCCCOc1cc(CO)cc(C)n1. The first-order valence-electron chi connectivity index (χ1n) is 5.97. The maximum absolute atomic E-state index is 9.04. The first-order valence-corrected chi connectivity index (χ1v) is 5.97. The summed E-state index contributed by atoms with van der Waals surface area (Å²) in [4.78, 5) is 4.27. The van der Waals surface area contributed by atoms with Gasteiger partial charge >= 0.3 is 0 Å². The van der Waals surface area contributed by atoms with Crippen LogP contribution in [0.5, 0.6) is 5.88 Å². The largest absolute Gasteiger partial charge is 0.478 e. The number of aliphatic hydroxyl groups is 1. The number of hydrogen-bond donors (Lipinski definition) is 1. The normalized spacial score (nSPS) is 10.4. The van der Waals surface area contributed by atoms with Gasteiger partial charge in [0.05, 0.1) is 13.2 Å². The number of pyridine rings is 1. The molecule has 0 atom stereocenters. The molecule has 1 aromatic rings. The van der Waals surface area contributed by atoms with Gasteiger partial charge in [-0.15, -0.1) is 0 Å². The fourth-order valence-electron chi connectivity index (χ4n) is 1.58. The van der Waals surface area contributed by atoms with Crippen molar-refractivity contribution < 1.29 is 9.84 Å². The Morgan fingerprint density at radius 3 is 2.75 bits per heavy atom. The van der Waals surface area contributed by atoms with E-state index in [0.29, 0.717) is 12.5 Å². The van der Waals surface area contributed by atoms with Crippen LogP contribution in [0.4, 0.5) is 0 Å². The molecular weight excluding hydrogens is 202 g/mol. The van der Waals surface area contributed by atoms with E-state index in [0.717, 1.165) is 17.7 Å². The highest BCUT2D eigenvalue weighted by Gasteiger charge is 2.00. The van der Waals surface area contributed by atoms with Gasteiger partial charge in [0.15, 0.2) is 0 Å². The average molecular weight is 223 g/mol. The van der Waals surface area contributed by atoms with E-state index in [-0.39, 0.29) is 6.61 Å². The number of unbranched alkanes of at least 4 members (excludes halogenated alkanes) is 3. The van der Waals surface area contributed by atoms with Crippen molar-refractivity contribution in [3.8, 4) is 5.88 Å². The summed E-state index contributed by atoms with van der Waals surface area (Å²) in [5, 5.41) is 9.04. The van der Waals surface area contributed by atoms with Crippen molar-refractivity contribution in [3.63, 3.8) is 0 Å². The van der Waals surface area contributed by atoms with Crippen molar-refractivity contribution in [1.82, 2.24) is 4.98 Å². The molecule has 1 N–H and O–H groups in total. The number of aliphatic hydroxyl groups excluding tert-OH is 1. The zero-order valence-electron chi connectivity index (χ0n) is 10.2. The fraction of sp³-hybridized carbons (Fsp3) is 0.615. The lowest BCUT2D eigenvalue weighted by Gasteiger charge is -2.07. The molecular formula is C13H21NO2. The number of hydrogen-bond acceptors (Lipinski definition) is 3. The minimum atomic E-state index is 0.0373. The minimum absolute atomic E-state index is 0.0373. The van der Waals surface area contributed by atoms with Gasteiger partial charge in [0.2, 0.25) is 5.88 Å². The predicted octanol–water partition coefficient (Wildman–Crippen LogP) is 2.84. The molecule has 0 saturated heterocycles. The van der Waals surface area contributed by atoms with E-state index in [9.17, 15) is 0 Å². The topological polar surface area (TPSA) is 42.4 Å². The van der Waals surface area contributed by atoms with Crippen LogP contribution in [0, 0.1) is 6.92 Å². The van der Waals surface area contributed by atoms with E-state index in [1.165, 1.54) is 19.3 Å². The number of aryl methyl sites for hydroxylation is 1. The molecule has 16 heavy (non-hydrogen) atoms. The second kappa shape index (κ2) is 7.23. The Balaban J connectivity index is 2.38. The third-order valence-corrected chi connectivity index (χ3v) is 2.42. The van der Waals surface area contributed by atoms with Gasteiger partial charge in [-0.3, -0.25) is 0 Å². The molecule has 1 heterocycles. The molecule has 90 valence electrons. The van der Waals surface area contributed by atoms with Crippen LogP contribution >= 0.6 is 0 Å². The molecule has 0 aliphatic heterocycles. The van der Waals surface area contributed by atoms with Gasteiger partial charge < -0.3 is 9.84 Å². The van der Waals surface area contributed by atoms with Gasteiger partial charge in [-0.1, -0.05) is 26.2 Å². The molecule has 0 aliphatic rings. The summed E-state index contributed by atoms with van der Waals surface area (Å²) < 4.78 is 5.55. The molecule has 1 rings (SSSR count). The lowest BCUT2D eigenvalue weighted by Crippen LogP contribution is -2.01. The Labute approximate surface area is 97.5 Å². The maximum Gasteiger partial charge on any atom is 0.213 e. The molecule has 0 spiro atoms. The first kappa shape index (κ1) is 13.0. The van der Waals surface area contributed by atoms with Crippen molar-refractivity contribution in [1.29, 1.82) is 0 Å². The van der Waals surface area contributed by atoms with E-state index in [4.69, 9.17) is 9.84 Å². The molecule has 0 bridgehead atoms. The lowest BCUT2D eigenvalue weighted by molar-refractivity contribution is 0.274. The van der Waals surface area contributed by atoms with Gasteiger partial charge in [0.1, 0.15) is 0 Å². The molecule has 0 aromatic carbocycles. The minimum Gasteiger partial charge on any atom is -0.478 e. The predicted molar refractivity (Wildman–Crippen MR) is 64.5 cm³/mol. The maximum atomic E-state index is 9.04. The van der Waals surface area contributed by atoms with Crippen LogP contribution in [-0.4, -0.2) is 16.7 Å². The smallest absolute Gasteiger partial charge is 0.213 e. The van der Waals surface area contributed by atoms with E-state index in [2.05, 4.69) is 11.9 Å². The zero-order chi connectivity index (χ0) is 11.8. The summed E-state index contributed by atoms with van der Waals surface area (Å²) in [5.74, 6) is 0.626. The molecule has 0 saturated carbocycles. The number of aromatic nitrogens is 1. The van der Waals surface area contributed by atoms with Gasteiger partial charge in [0, 0.05) is 11.8 Å². The Kier molecular flexibility index (Phi) is 5.86. The molecule has 0 fully saturated rings. The third kappa shape index (κ3) is 4.62.